The number of halogens is 4. The number of piperazine rings is 1. The van der Waals surface area contributed by atoms with E-state index >= 15 is 0 Å². The Labute approximate surface area is 297 Å². The molecule has 1 N–H and O–H groups in total. The van der Waals surface area contributed by atoms with Crippen LogP contribution in [0.25, 0.3) is 0 Å². The van der Waals surface area contributed by atoms with Gasteiger partial charge in [-0.2, -0.15) is 5.10 Å². The number of rotatable bonds is 10. The number of ether oxygens (including phenoxy) is 3. The fourth-order valence-electron chi connectivity index (χ4n) is 6.04. The van der Waals surface area contributed by atoms with Gasteiger partial charge < -0.3 is 29.3 Å². The van der Waals surface area contributed by atoms with Crippen LogP contribution in [-0.4, -0.2) is 66.2 Å². The van der Waals surface area contributed by atoms with Crippen molar-refractivity contribution in [3.8, 4) is 5.75 Å². The molecule has 50 heavy (non-hydrogen) atoms. The lowest BCUT2D eigenvalue weighted by molar-refractivity contribution is -0.190. The lowest BCUT2D eigenvalue weighted by Gasteiger charge is -2.37. The van der Waals surface area contributed by atoms with Crippen LogP contribution in [0.5, 0.6) is 5.75 Å². The second-order valence-corrected chi connectivity index (χ2v) is 12.8. The van der Waals surface area contributed by atoms with Gasteiger partial charge in [0.2, 0.25) is 5.79 Å². The third-order valence-corrected chi connectivity index (χ3v) is 9.17. The monoisotopic (exact) mass is 720 g/mol. The highest BCUT2D eigenvalue weighted by Crippen LogP contribution is 2.40. The van der Waals surface area contributed by atoms with Crippen LogP contribution in [0.1, 0.15) is 15.9 Å². The molecular formula is C36H32Cl2F2N6O4. The van der Waals surface area contributed by atoms with E-state index in [9.17, 15) is 13.6 Å². The van der Waals surface area contributed by atoms with Gasteiger partial charge in [-0.1, -0.05) is 29.3 Å². The first-order chi connectivity index (χ1) is 24.2. The molecule has 0 radical (unpaired) electrons. The summed E-state index contributed by atoms with van der Waals surface area (Å²) in [4.78, 5) is 21.1. The Morgan fingerprint density at radius 1 is 0.900 bits per heavy atom. The van der Waals surface area contributed by atoms with E-state index in [-0.39, 0.29) is 24.8 Å². The minimum Gasteiger partial charge on any atom is -0.491 e. The molecule has 2 saturated heterocycles. The average Bonchev–Trinajstić information content (AvgIpc) is 3.80. The number of benzene rings is 4. The zero-order valence-electron chi connectivity index (χ0n) is 26.6. The quantitative estimate of drug-likeness (QED) is 0.169. The standard InChI is InChI=1S/C36H32Cl2F2N6O4/c37-25-2-11-31(32(38)18-25)36(21-46-23-41-22-42-46)49-20-30(50-36)19-48-29-9-7-28(8-10-29)45-15-13-44(14-16-45)27-5-3-26(4-6-27)43-35(47)24-1-12-33(39)34(40)17-24/h1-12,17-18,22-23,30H,13-16,19-21H2,(H,43,47)/t30-,36-/m1/s1. The summed E-state index contributed by atoms with van der Waals surface area (Å²) in [5.41, 5.74) is 3.38. The molecule has 0 unspecified atom stereocenters. The summed E-state index contributed by atoms with van der Waals surface area (Å²) in [5, 5.41) is 7.88. The largest absolute Gasteiger partial charge is 0.491 e. The van der Waals surface area contributed by atoms with Crippen LogP contribution in [0, 0.1) is 11.6 Å². The van der Waals surface area contributed by atoms with Gasteiger partial charge in [-0.15, -0.1) is 0 Å². The molecule has 1 amide bonds. The smallest absolute Gasteiger partial charge is 0.255 e. The molecule has 4 aromatic carbocycles. The molecule has 14 heteroatoms. The van der Waals surface area contributed by atoms with Gasteiger partial charge in [0.25, 0.3) is 5.91 Å². The van der Waals surface area contributed by atoms with E-state index in [2.05, 4.69) is 25.2 Å². The topological polar surface area (TPSA) is 94.0 Å². The Bertz CT molecular complexity index is 1940. The SMILES string of the molecule is O=C(Nc1ccc(N2CCN(c3ccc(OC[C@@H]4CO[C@@](Cn5cncn5)(c5ccc(Cl)cc5Cl)O4)cc3)CC2)cc1)c1ccc(F)c(F)c1. The molecule has 1 aromatic heterocycles. The van der Waals surface area contributed by atoms with Gasteiger partial charge in [0.1, 0.15) is 37.7 Å². The van der Waals surface area contributed by atoms with Gasteiger partial charge in [0.15, 0.2) is 11.6 Å². The molecule has 2 atom stereocenters. The minimum absolute atomic E-state index is 0.0450. The summed E-state index contributed by atoms with van der Waals surface area (Å²) in [6.45, 7) is 4.09. The number of nitrogens with one attached hydrogen (secondary N) is 1. The number of amides is 1. The zero-order valence-corrected chi connectivity index (χ0v) is 28.2. The number of hydrogen-bond acceptors (Lipinski definition) is 8. The Balaban J connectivity index is 0.901. The number of hydrogen-bond donors (Lipinski definition) is 1. The Morgan fingerprint density at radius 3 is 2.24 bits per heavy atom. The van der Waals surface area contributed by atoms with Crippen molar-refractivity contribution in [2.45, 2.75) is 18.4 Å². The predicted molar refractivity (Wildman–Crippen MR) is 186 cm³/mol. The highest BCUT2D eigenvalue weighted by Gasteiger charge is 2.45. The molecule has 0 bridgehead atoms. The van der Waals surface area contributed by atoms with Crippen molar-refractivity contribution in [3.05, 3.63) is 130 Å². The first-order valence-corrected chi connectivity index (χ1v) is 16.7. The second kappa shape index (κ2) is 14.6. The molecule has 2 aliphatic heterocycles. The van der Waals surface area contributed by atoms with Gasteiger partial charge in [0.05, 0.1) is 11.6 Å². The fraction of sp³-hybridized carbons (Fsp3) is 0.250. The van der Waals surface area contributed by atoms with Gasteiger partial charge in [0, 0.05) is 59.4 Å². The van der Waals surface area contributed by atoms with E-state index < -0.39 is 23.3 Å². The average molecular weight is 722 g/mol. The Morgan fingerprint density at radius 2 is 1.60 bits per heavy atom. The molecule has 10 nitrogen and oxygen atoms in total. The van der Waals surface area contributed by atoms with E-state index in [0.717, 1.165) is 49.7 Å². The molecule has 0 spiro atoms. The summed E-state index contributed by atoms with van der Waals surface area (Å²) < 4.78 is 47.2. The summed E-state index contributed by atoms with van der Waals surface area (Å²) in [5.74, 6) is -3.04. The summed E-state index contributed by atoms with van der Waals surface area (Å²) >= 11 is 12.7. The third-order valence-electron chi connectivity index (χ3n) is 8.63. The number of aromatic nitrogens is 3. The molecule has 258 valence electrons. The van der Waals surface area contributed by atoms with Gasteiger partial charge in [-0.05, 0) is 78.9 Å². The van der Waals surface area contributed by atoms with E-state index in [1.54, 1.807) is 41.3 Å². The molecular weight excluding hydrogens is 689 g/mol. The van der Waals surface area contributed by atoms with Crippen LogP contribution >= 0.6 is 23.2 Å². The van der Waals surface area contributed by atoms with Gasteiger partial charge >= 0.3 is 0 Å². The van der Waals surface area contributed by atoms with Crippen LogP contribution in [0.3, 0.4) is 0 Å². The number of carbonyl (C=O) groups is 1. The van der Waals surface area contributed by atoms with Crippen molar-refractivity contribution in [1.82, 2.24) is 14.8 Å². The van der Waals surface area contributed by atoms with Crippen LogP contribution in [0.15, 0.2) is 97.6 Å². The highest BCUT2D eigenvalue weighted by atomic mass is 35.5. The van der Waals surface area contributed by atoms with Crippen molar-refractivity contribution in [2.24, 2.45) is 0 Å². The van der Waals surface area contributed by atoms with Crippen molar-refractivity contribution in [2.75, 3.05) is 54.5 Å². The first kappa shape index (κ1) is 33.7. The molecule has 0 aliphatic carbocycles. The van der Waals surface area contributed by atoms with Crippen molar-refractivity contribution >= 4 is 46.2 Å². The van der Waals surface area contributed by atoms with Crippen molar-refractivity contribution in [1.29, 1.82) is 0 Å². The number of nitrogens with zero attached hydrogens (tertiary/aromatic N) is 5. The Hall–Kier alpha value is -4.75. The highest BCUT2D eigenvalue weighted by molar-refractivity contribution is 6.35. The van der Waals surface area contributed by atoms with Crippen LogP contribution in [-0.2, 0) is 21.8 Å². The summed E-state index contributed by atoms with van der Waals surface area (Å²) in [6.07, 6.45) is 2.68. The molecule has 2 aliphatic rings. The maximum absolute atomic E-state index is 13.5. The Kier molecular flexibility index (Phi) is 9.86. The predicted octanol–water partition coefficient (Wildman–Crippen LogP) is 6.79. The lowest BCUT2D eigenvalue weighted by atomic mass is 10.1. The van der Waals surface area contributed by atoms with Crippen molar-refractivity contribution < 1.29 is 27.8 Å². The van der Waals surface area contributed by atoms with E-state index in [1.807, 2.05) is 36.4 Å². The van der Waals surface area contributed by atoms with E-state index in [1.165, 1.54) is 12.4 Å². The fourth-order valence-corrected chi connectivity index (χ4v) is 6.60. The number of anilines is 3. The summed E-state index contributed by atoms with van der Waals surface area (Å²) in [6, 6.07) is 23.7. The van der Waals surface area contributed by atoms with E-state index in [4.69, 9.17) is 37.4 Å². The molecule has 3 heterocycles. The molecule has 5 aromatic rings. The molecule has 2 fully saturated rings. The summed E-state index contributed by atoms with van der Waals surface area (Å²) in [7, 11) is 0. The maximum atomic E-state index is 13.5. The van der Waals surface area contributed by atoms with Gasteiger partial charge in [-0.25, -0.2) is 18.4 Å². The van der Waals surface area contributed by atoms with Crippen LogP contribution < -0.4 is 19.9 Å². The molecule has 0 saturated carbocycles. The molecule has 7 rings (SSSR count). The number of carbonyl (C=O) groups excluding carboxylic acids is 1. The third kappa shape index (κ3) is 7.53. The van der Waals surface area contributed by atoms with Crippen LogP contribution in [0.2, 0.25) is 10.0 Å². The second-order valence-electron chi connectivity index (χ2n) is 11.9. The zero-order chi connectivity index (χ0) is 34.7. The van der Waals surface area contributed by atoms with Crippen molar-refractivity contribution in [3.63, 3.8) is 0 Å². The lowest BCUT2D eigenvalue weighted by Crippen LogP contribution is -2.46. The normalized spacial score (nSPS) is 19.1. The first-order valence-electron chi connectivity index (χ1n) is 15.9. The van der Waals surface area contributed by atoms with E-state index in [0.29, 0.717) is 33.7 Å². The van der Waals surface area contributed by atoms with Gasteiger partial charge in [-0.3, -0.25) is 4.79 Å². The minimum atomic E-state index is -1.18. The maximum Gasteiger partial charge on any atom is 0.255 e. The van der Waals surface area contributed by atoms with Crippen LogP contribution in [0.4, 0.5) is 25.8 Å².